The molecule has 3 rings (SSSR count). The van der Waals surface area contributed by atoms with E-state index in [1.165, 1.54) is 6.07 Å². The van der Waals surface area contributed by atoms with Gasteiger partial charge in [-0.25, -0.2) is 13.2 Å². The smallest absolute Gasteiger partial charge is 0.325 e. The minimum atomic E-state index is -3.93. The molecular weight excluding hydrogens is 414 g/mol. The molecule has 2 aromatic carbocycles. The van der Waals surface area contributed by atoms with Gasteiger partial charge in [-0.1, -0.05) is 31.5 Å². The number of nitrogens with zero attached hydrogens (tertiary/aromatic N) is 2. The Labute approximate surface area is 182 Å². The standard InChI is InChI=1S/C23H29N3O4S/c1-6-25-19-13-18(24-22(27)12-15(3)4)21(14-20(19)26(7-2)23(25)28)31(29,30)17-10-8-16(5)9-11-17/h8-11,13-15H,6-7,12H2,1-5H3,(H,24,27). The number of hydrogen-bond donors (Lipinski definition) is 1. The van der Waals surface area contributed by atoms with E-state index >= 15 is 0 Å². The zero-order valence-corrected chi connectivity index (χ0v) is 19.4. The second kappa shape index (κ2) is 8.70. The molecule has 8 heteroatoms. The summed E-state index contributed by atoms with van der Waals surface area (Å²) in [5, 5.41) is 2.78. The molecule has 0 radical (unpaired) electrons. The van der Waals surface area contributed by atoms with E-state index in [1.54, 1.807) is 39.5 Å². The van der Waals surface area contributed by atoms with Crippen molar-refractivity contribution < 1.29 is 13.2 Å². The van der Waals surface area contributed by atoms with Gasteiger partial charge in [0, 0.05) is 19.5 Å². The van der Waals surface area contributed by atoms with Crippen molar-refractivity contribution in [1.29, 1.82) is 0 Å². The first-order valence-electron chi connectivity index (χ1n) is 10.5. The molecule has 31 heavy (non-hydrogen) atoms. The molecule has 0 aliphatic heterocycles. The van der Waals surface area contributed by atoms with Crippen molar-refractivity contribution in [2.45, 2.75) is 63.9 Å². The maximum absolute atomic E-state index is 13.5. The number of aryl methyl sites for hydroxylation is 3. The number of nitrogens with one attached hydrogen (secondary N) is 1. The number of carbonyl (C=O) groups excluding carboxylic acids is 1. The normalized spacial score (nSPS) is 11.9. The van der Waals surface area contributed by atoms with Crippen LogP contribution in [0.3, 0.4) is 0 Å². The van der Waals surface area contributed by atoms with E-state index in [2.05, 4.69) is 5.32 Å². The van der Waals surface area contributed by atoms with Crippen LogP contribution in [0, 0.1) is 12.8 Å². The highest BCUT2D eigenvalue weighted by Gasteiger charge is 2.26. The fourth-order valence-electron chi connectivity index (χ4n) is 3.69. The molecule has 0 aliphatic rings. The largest absolute Gasteiger partial charge is 0.329 e. The average molecular weight is 444 g/mol. The Morgan fingerprint density at radius 1 is 1.00 bits per heavy atom. The maximum Gasteiger partial charge on any atom is 0.329 e. The van der Waals surface area contributed by atoms with Crippen molar-refractivity contribution in [3.63, 3.8) is 0 Å². The average Bonchev–Trinajstić information content (AvgIpc) is 2.96. The number of benzene rings is 2. The van der Waals surface area contributed by atoms with Gasteiger partial charge in [-0.05, 0) is 51.0 Å². The topological polar surface area (TPSA) is 90.2 Å². The van der Waals surface area contributed by atoms with Gasteiger partial charge in [-0.3, -0.25) is 13.9 Å². The summed E-state index contributed by atoms with van der Waals surface area (Å²) < 4.78 is 30.2. The lowest BCUT2D eigenvalue weighted by atomic mass is 10.1. The monoisotopic (exact) mass is 443 g/mol. The fraction of sp³-hybridized carbons (Fsp3) is 0.391. The summed E-state index contributed by atoms with van der Waals surface area (Å²) in [6.45, 7) is 10.3. The number of imidazole rings is 1. The lowest BCUT2D eigenvalue weighted by molar-refractivity contribution is -0.116. The minimum Gasteiger partial charge on any atom is -0.325 e. The Morgan fingerprint density at radius 2 is 1.55 bits per heavy atom. The van der Waals surface area contributed by atoms with Crippen molar-refractivity contribution in [3.05, 3.63) is 52.4 Å². The third-order valence-corrected chi connectivity index (χ3v) is 7.05. The third kappa shape index (κ3) is 4.30. The molecule has 3 aromatic rings. The predicted molar refractivity (Wildman–Crippen MR) is 122 cm³/mol. The van der Waals surface area contributed by atoms with E-state index in [9.17, 15) is 18.0 Å². The predicted octanol–water partition coefficient (Wildman–Crippen LogP) is 3.97. The van der Waals surface area contributed by atoms with Crippen LogP contribution < -0.4 is 11.0 Å². The Morgan fingerprint density at radius 3 is 2.06 bits per heavy atom. The van der Waals surface area contributed by atoms with Crippen molar-refractivity contribution >= 4 is 32.5 Å². The number of carbonyl (C=O) groups is 1. The molecule has 1 N–H and O–H groups in total. The van der Waals surface area contributed by atoms with E-state index in [1.807, 2.05) is 34.6 Å². The Hall–Kier alpha value is -2.87. The first-order valence-corrected chi connectivity index (χ1v) is 12.0. The number of anilines is 1. The Bertz CT molecular complexity index is 1280. The van der Waals surface area contributed by atoms with Crippen molar-refractivity contribution in [2.75, 3.05) is 5.32 Å². The number of aromatic nitrogens is 2. The summed E-state index contributed by atoms with van der Waals surface area (Å²) in [5.74, 6) is -0.147. The van der Waals surface area contributed by atoms with Crippen molar-refractivity contribution in [2.24, 2.45) is 5.92 Å². The number of hydrogen-bond acceptors (Lipinski definition) is 4. The van der Waals surface area contributed by atoms with Gasteiger partial charge in [0.05, 0.1) is 26.5 Å². The first kappa shape index (κ1) is 22.8. The van der Waals surface area contributed by atoms with Gasteiger partial charge in [-0.2, -0.15) is 0 Å². The van der Waals surface area contributed by atoms with E-state index in [-0.39, 0.29) is 39.4 Å². The lowest BCUT2D eigenvalue weighted by Gasteiger charge is -2.14. The van der Waals surface area contributed by atoms with E-state index in [4.69, 9.17) is 0 Å². The molecular formula is C23H29N3O4S. The highest BCUT2D eigenvalue weighted by atomic mass is 32.2. The van der Waals surface area contributed by atoms with Gasteiger partial charge in [0.15, 0.2) is 0 Å². The Kier molecular flexibility index (Phi) is 6.40. The third-order valence-electron chi connectivity index (χ3n) is 5.24. The zero-order valence-electron chi connectivity index (χ0n) is 18.6. The number of rotatable bonds is 7. The summed E-state index contributed by atoms with van der Waals surface area (Å²) in [5.41, 5.74) is 2.05. The molecule has 1 aromatic heterocycles. The molecule has 0 bridgehead atoms. The van der Waals surface area contributed by atoms with Crippen LogP contribution in [0.2, 0.25) is 0 Å². The first-order chi connectivity index (χ1) is 14.6. The molecule has 1 heterocycles. The van der Waals surface area contributed by atoms with Crippen LogP contribution in [0.5, 0.6) is 0 Å². The number of amides is 1. The lowest BCUT2D eigenvalue weighted by Crippen LogP contribution is -2.23. The van der Waals surface area contributed by atoms with Crippen LogP contribution in [-0.2, 0) is 27.7 Å². The van der Waals surface area contributed by atoms with Crippen LogP contribution in [-0.4, -0.2) is 23.5 Å². The maximum atomic E-state index is 13.5. The van der Waals surface area contributed by atoms with Crippen molar-refractivity contribution in [1.82, 2.24) is 9.13 Å². The van der Waals surface area contributed by atoms with Crippen LogP contribution >= 0.6 is 0 Å². The highest BCUT2D eigenvalue weighted by molar-refractivity contribution is 7.91. The van der Waals surface area contributed by atoms with Gasteiger partial charge < -0.3 is 5.32 Å². The van der Waals surface area contributed by atoms with Gasteiger partial charge in [0.1, 0.15) is 0 Å². The van der Waals surface area contributed by atoms with Crippen LogP contribution in [0.4, 0.5) is 5.69 Å². The summed E-state index contributed by atoms with van der Waals surface area (Å²) in [6.07, 6.45) is 0.263. The van der Waals surface area contributed by atoms with Crippen LogP contribution in [0.1, 0.15) is 39.7 Å². The fourth-order valence-corrected chi connectivity index (χ4v) is 5.10. The second-order valence-electron chi connectivity index (χ2n) is 8.07. The highest BCUT2D eigenvalue weighted by Crippen LogP contribution is 2.32. The molecule has 0 aliphatic carbocycles. The second-order valence-corrected chi connectivity index (χ2v) is 9.99. The minimum absolute atomic E-state index is 0.0172. The molecule has 0 saturated carbocycles. The SMILES string of the molecule is CCn1c(=O)n(CC)c2cc(S(=O)(=O)c3ccc(C)cc3)c(NC(=O)CC(C)C)cc21. The molecule has 0 unspecified atom stereocenters. The van der Waals surface area contributed by atoms with E-state index < -0.39 is 9.84 Å². The van der Waals surface area contributed by atoms with Crippen LogP contribution in [0.25, 0.3) is 11.0 Å². The Balaban J connectivity index is 2.31. The molecule has 0 fully saturated rings. The summed E-state index contributed by atoms with van der Waals surface area (Å²) in [4.78, 5) is 25.4. The van der Waals surface area contributed by atoms with Gasteiger partial charge in [0.25, 0.3) is 0 Å². The van der Waals surface area contributed by atoms with Crippen LogP contribution in [0.15, 0.2) is 51.0 Å². The summed E-state index contributed by atoms with van der Waals surface area (Å²) in [7, 11) is -3.93. The van der Waals surface area contributed by atoms with E-state index in [0.29, 0.717) is 24.1 Å². The molecule has 0 atom stereocenters. The number of fused-ring (bicyclic) bond motifs is 1. The molecule has 0 spiro atoms. The van der Waals surface area contributed by atoms with Gasteiger partial charge in [-0.15, -0.1) is 0 Å². The molecule has 0 saturated heterocycles. The quantitative estimate of drug-likeness (QED) is 0.598. The van der Waals surface area contributed by atoms with Crippen molar-refractivity contribution in [3.8, 4) is 0 Å². The molecule has 1 amide bonds. The number of sulfone groups is 1. The zero-order chi connectivity index (χ0) is 22.9. The summed E-state index contributed by atoms with van der Waals surface area (Å²) >= 11 is 0. The van der Waals surface area contributed by atoms with Gasteiger partial charge in [0.2, 0.25) is 15.7 Å². The van der Waals surface area contributed by atoms with E-state index in [0.717, 1.165) is 5.56 Å². The molecule has 166 valence electrons. The van der Waals surface area contributed by atoms with Gasteiger partial charge >= 0.3 is 5.69 Å². The molecule has 7 nitrogen and oxygen atoms in total. The summed E-state index contributed by atoms with van der Waals surface area (Å²) in [6, 6.07) is 9.69.